The first-order chi connectivity index (χ1) is 9.08. The SMILES string of the molecule is COCC(N)Cc1nc(-c2cc(Cl)cc(Cl)c2)no1. The van der Waals surface area contributed by atoms with Gasteiger partial charge in [0.25, 0.3) is 0 Å². The van der Waals surface area contributed by atoms with Crippen molar-refractivity contribution in [3.05, 3.63) is 34.1 Å². The molecule has 0 radical (unpaired) electrons. The lowest BCUT2D eigenvalue weighted by molar-refractivity contribution is 0.176. The van der Waals surface area contributed by atoms with Crippen molar-refractivity contribution in [2.24, 2.45) is 5.73 Å². The lowest BCUT2D eigenvalue weighted by Crippen LogP contribution is -2.28. The van der Waals surface area contributed by atoms with Gasteiger partial charge in [-0.2, -0.15) is 4.98 Å². The van der Waals surface area contributed by atoms with Gasteiger partial charge in [0.1, 0.15) is 0 Å². The fraction of sp³-hybridized carbons (Fsp3) is 0.333. The van der Waals surface area contributed by atoms with E-state index in [1.165, 1.54) is 0 Å². The average molecular weight is 302 g/mol. The van der Waals surface area contributed by atoms with E-state index in [4.69, 9.17) is 38.2 Å². The number of ether oxygens (including phenoxy) is 1. The van der Waals surface area contributed by atoms with Crippen molar-refractivity contribution in [1.29, 1.82) is 0 Å². The van der Waals surface area contributed by atoms with Crippen molar-refractivity contribution in [3.63, 3.8) is 0 Å². The molecule has 0 saturated heterocycles. The molecule has 2 rings (SSSR count). The highest BCUT2D eigenvalue weighted by atomic mass is 35.5. The first kappa shape index (κ1) is 14.3. The van der Waals surface area contributed by atoms with Crippen molar-refractivity contribution in [3.8, 4) is 11.4 Å². The van der Waals surface area contributed by atoms with Crippen LogP contribution in [0.3, 0.4) is 0 Å². The standard InChI is InChI=1S/C12H13Cl2N3O2/c1-18-6-10(15)5-11-16-12(17-19-11)7-2-8(13)4-9(14)3-7/h2-4,10H,5-6,15H2,1H3. The smallest absolute Gasteiger partial charge is 0.228 e. The van der Waals surface area contributed by atoms with E-state index >= 15 is 0 Å². The lowest BCUT2D eigenvalue weighted by atomic mass is 10.2. The van der Waals surface area contributed by atoms with E-state index in [9.17, 15) is 0 Å². The second kappa shape index (κ2) is 6.34. The van der Waals surface area contributed by atoms with Gasteiger partial charge in [-0.15, -0.1) is 0 Å². The molecule has 5 nitrogen and oxygen atoms in total. The van der Waals surface area contributed by atoms with Crippen LogP contribution in [0.15, 0.2) is 22.7 Å². The second-order valence-corrected chi connectivity index (χ2v) is 4.96. The summed E-state index contributed by atoms with van der Waals surface area (Å²) in [7, 11) is 1.59. The first-order valence-corrected chi connectivity index (χ1v) is 6.37. The maximum atomic E-state index is 5.93. The maximum absolute atomic E-state index is 5.93. The number of nitrogens with two attached hydrogens (primary N) is 1. The molecule has 2 N–H and O–H groups in total. The predicted octanol–water partition coefficient (Wildman–Crippen LogP) is 2.56. The van der Waals surface area contributed by atoms with Crippen LogP contribution < -0.4 is 5.73 Å². The molecule has 1 unspecified atom stereocenters. The Morgan fingerprint density at radius 2 is 2.00 bits per heavy atom. The summed E-state index contributed by atoms with van der Waals surface area (Å²) < 4.78 is 10.1. The Morgan fingerprint density at radius 3 is 2.63 bits per heavy atom. The number of hydrogen-bond donors (Lipinski definition) is 1. The van der Waals surface area contributed by atoms with Gasteiger partial charge in [0.15, 0.2) is 0 Å². The fourth-order valence-electron chi connectivity index (χ4n) is 1.64. The third kappa shape index (κ3) is 3.91. The molecule has 0 spiro atoms. The molecule has 0 saturated carbocycles. The van der Waals surface area contributed by atoms with Crippen LogP contribution in [0.1, 0.15) is 5.89 Å². The van der Waals surface area contributed by atoms with Gasteiger partial charge in [0.05, 0.1) is 6.61 Å². The molecule has 0 amide bonds. The van der Waals surface area contributed by atoms with E-state index in [0.29, 0.717) is 40.4 Å². The van der Waals surface area contributed by atoms with E-state index in [1.54, 1.807) is 25.3 Å². The zero-order valence-electron chi connectivity index (χ0n) is 10.3. The highest BCUT2D eigenvalue weighted by molar-refractivity contribution is 6.35. The van der Waals surface area contributed by atoms with Crippen LogP contribution in [0.25, 0.3) is 11.4 Å². The molecule has 0 aliphatic rings. The predicted molar refractivity (Wildman–Crippen MR) is 73.3 cm³/mol. The molecule has 1 heterocycles. The molecule has 0 fully saturated rings. The van der Waals surface area contributed by atoms with E-state index in [0.717, 1.165) is 0 Å². The minimum atomic E-state index is -0.179. The van der Waals surface area contributed by atoms with Crippen LogP contribution in [0.5, 0.6) is 0 Å². The molecule has 0 aliphatic carbocycles. The van der Waals surface area contributed by atoms with Gasteiger partial charge in [-0.05, 0) is 18.2 Å². The Labute approximate surface area is 120 Å². The van der Waals surface area contributed by atoms with Crippen molar-refractivity contribution >= 4 is 23.2 Å². The molecule has 2 aromatic rings. The van der Waals surface area contributed by atoms with Gasteiger partial charge in [-0.1, -0.05) is 28.4 Å². The third-order valence-corrected chi connectivity index (χ3v) is 2.84. The number of rotatable bonds is 5. The second-order valence-electron chi connectivity index (χ2n) is 4.09. The summed E-state index contributed by atoms with van der Waals surface area (Å²) in [6, 6.07) is 4.90. The summed E-state index contributed by atoms with van der Waals surface area (Å²) in [5.74, 6) is 0.889. The average Bonchev–Trinajstić information content (AvgIpc) is 2.76. The summed E-state index contributed by atoms with van der Waals surface area (Å²) in [5.41, 5.74) is 6.52. The summed E-state index contributed by atoms with van der Waals surface area (Å²) in [6.45, 7) is 0.431. The van der Waals surface area contributed by atoms with E-state index in [2.05, 4.69) is 10.1 Å². The highest BCUT2D eigenvalue weighted by Crippen LogP contribution is 2.25. The molecule has 1 aromatic heterocycles. The monoisotopic (exact) mass is 301 g/mol. The molecule has 1 aromatic carbocycles. The van der Waals surface area contributed by atoms with Crippen LogP contribution in [-0.2, 0) is 11.2 Å². The molecule has 0 aliphatic heterocycles. The van der Waals surface area contributed by atoms with Gasteiger partial charge in [-0.3, -0.25) is 0 Å². The normalized spacial score (nSPS) is 12.6. The van der Waals surface area contributed by atoms with E-state index < -0.39 is 0 Å². The van der Waals surface area contributed by atoms with Crippen LogP contribution in [0.2, 0.25) is 10.0 Å². The number of hydrogen-bond acceptors (Lipinski definition) is 5. The first-order valence-electron chi connectivity index (χ1n) is 5.62. The number of benzene rings is 1. The number of nitrogens with zero attached hydrogens (tertiary/aromatic N) is 2. The van der Waals surface area contributed by atoms with Gasteiger partial charge in [-0.25, -0.2) is 0 Å². The summed E-state index contributed by atoms with van der Waals surface area (Å²) >= 11 is 11.9. The molecule has 102 valence electrons. The van der Waals surface area contributed by atoms with Crippen LogP contribution in [0.4, 0.5) is 0 Å². The quantitative estimate of drug-likeness (QED) is 0.918. The Hall–Kier alpha value is -1.14. The summed E-state index contributed by atoms with van der Waals surface area (Å²) in [5, 5.41) is 4.92. The van der Waals surface area contributed by atoms with Crippen molar-refractivity contribution in [1.82, 2.24) is 10.1 Å². The minimum Gasteiger partial charge on any atom is -0.383 e. The Balaban J connectivity index is 2.16. The Kier molecular flexibility index (Phi) is 4.76. The van der Waals surface area contributed by atoms with Gasteiger partial charge in [0.2, 0.25) is 11.7 Å². The molecular weight excluding hydrogens is 289 g/mol. The van der Waals surface area contributed by atoms with Crippen LogP contribution in [0, 0.1) is 0 Å². The Bertz CT molecular complexity index is 539. The molecule has 1 atom stereocenters. The fourth-order valence-corrected chi connectivity index (χ4v) is 2.16. The molecule has 0 bridgehead atoms. The topological polar surface area (TPSA) is 74.2 Å². The molecule has 19 heavy (non-hydrogen) atoms. The number of halogens is 2. The third-order valence-electron chi connectivity index (χ3n) is 2.41. The molecular formula is C12H13Cl2N3O2. The summed E-state index contributed by atoms with van der Waals surface area (Å²) in [4.78, 5) is 4.25. The van der Waals surface area contributed by atoms with Crippen LogP contribution >= 0.6 is 23.2 Å². The van der Waals surface area contributed by atoms with Gasteiger partial charge >= 0.3 is 0 Å². The lowest BCUT2D eigenvalue weighted by Gasteiger charge is -2.05. The van der Waals surface area contributed by atoms with Gasteiger partial charge in [0, 0.05) is 35.2 Å². The number of aromatic nitrogens is 2. The molecule has 7 heteroatoms. The van der Waals surface area contributed by atoms with E-state index in [-0.39, 0.29) is 6.04 Å². The zero-order valence-corrected chi connectivity index (χ0v) is 11.8. The van der Waals surface area contributed by atoms with E-state index in [1.807, 2.05) is 0 Å². The highest BCUT2D eigenvalue weighted by Gasteiger charge is 2.13. The van der Waals surface area contributed by atoms with Crippen molar-refractivity contribution < 1.29 is 9.26 Å². The van der Waals surface area contributed by atoms with Crippen molar-refractivity contribution in [2.45, 2.75) is 12.5 Å². The number of methoxy groups -OCH3 is 1. The van der Waals surface area contributed by atoms with Crippen molar-refractivity contribution in [2.75, 3.05) is 13.7 Å². The summed E-state index contributed by atoms with van der Waals surface area (Å²) in [6.07, 6.45) is 0.454. The largest absolute Gasteiger partial charge is 0.383 e. The minimum absolute atomic E-state index is 0.179. The zero-order chi connectivity index (χ0) is 13.8. The maximum Gasteiger partial charge on any atom is 0.228 e. The Morgan fingerprint density at radius 1 is 1.32 bits per heavy atom. The van der Waals surface area contributed by atoms with Gasteiger partial charge < -0.3 is 15.0 Å². The van der Waals surface area contributed by atoms with Crippen LogP contribution in [-0.4, -0.2) is 29.9 Å².